The van der Waals surface area contributed by atoms with Crippen molar-refractivity contribution in [2.45, 2.75) is 45.7 Å². The summed E-state index contributed by atoms with van der Waals surface area (Å²) in [6.07, 6.45) is 4.85. The Bertz CT molecular complexity index is 1250. The maximum atomic E-state index is 13.5. The highest BCUT2D eigenvalue weighted by atomic mass is 35.5. The molecule has 2 amide bonds. The number of aromatic nitrogens is 2. The van der Waals surface area contributed by atoms with E-state index in [-0.39, 0.29) is 17.9 Å². The summed E-state index contributed by atoms with van der Waals surface area (Å²) in [5, 5.41) is 8.18. The van der Waals surface area contributed by atoms with E-state index in [2.05, 4.69) is 17.2 Å². The maximum absolute atomic E-state index is 13.5. The molecule has 0 radical (unpaired) electrons. The molecule has 7 nitrogen and oxygen atoms in total. The summed E-state index contributed by atoms with van der Waals surface area (Å²) >= 11 is 6.17. The van der Waals surface area contributed by atoms with E-state index in [1.165, 1.54) is 6.92 Å². The van der Waals surface area contributed by atoms with E-state index in [1.807, 2.05) is 52.2 Å². The molecule has 0 aliphatic carbocycles. The van der Waals surface area contributed by atoms with E-state index < -0.39 is 0 Å². The molecule has 1 unspecified atom stereocenters. The first-order chi connectivity index (χ1) is 16.9. The lowest BCUT2D eigenvalue weighted by atomic mass is 10.0. The molecule has 2 aromatic carbocycles. The highest BCUT2D eigenvalue weighted by molar-refractivity contribution is 6.31. The number of halogens is 1. The second-order valence-electron chi connectivity index (χ2n) is 8.84. The van der Waals surface area contributed by atoms with Crippen LogP contribution in [-0.4, -0.2) is 46.3 Å². The fourth-order valence-corrected chi connectivity index (χ4v) is 4.61. The molecule has 0 saturated heterocycles. The van der Waals surface area contributed by atoms with E-state index >= 15 is 0 Å². The van der Waals surface area contributed by atoms with Crippen LogP contribution in [0.1, 0.15) is 60.8 Å². The predicted molar refractivity (Wildman–Crippen MR) is 140 cm³/mol. The SMILES string of the molecule is CCCCC1CN(Cc2ccc(/C=N/C)cc2)C(=O)c2cc(-c3ccc(Cl)cc3NC(C)=O)nn21. The molecule has 182 valence electrons. The van der Waals surface area contributed by atoms with E-state index in [9.17, 15) is 9.59 Å². The first-order valence-electron chi connectivity index (χ1n) is 11.9. The Morgan fingerprint density at radius 2 is 2.00 bits per heavy atom. The number of unbranched alkanes of at least 4 members (excludes halogenated alkanes) is 1. The Kier molecular flexibility index (Phi) is 7.66. The van der Waals surface area contributed by atoms with E-state index in [1.54, 1.807) is 19.2 Å². The quantitative estimate of drug-likeness (QED) is 0.416. The van der Waals surface area contributed by atoms with Crippen molar-refractivity contribution in [3.05, 3.63) is 70.4 Å². The van der Waals surface area contributed by atoms with Crippen LogP contribution < -0.4 is 5.32 Å². The Balaban J connectivity index is 1.67. The molecule has 8 heteroatoms. The third-order valence-electron chi connectivity index (χ3n) is 6.11. The predicted octanol–water partition coefficient (Wildman–Crippen LogP) is 5.60. The Hall–Kier alpha value is -3.45. The number of amides is 2. The molecule has 1 aliphatic heterocycles. The number of nitrogens with one attached hydrogen (secondary N) is 1. The number of carbonyl (C=O) groups excluding carboxylic acids is 2. The van der Waals surface area contributed by atoms with E-state index in [0.29, 0.717) is 35.2 Å². The molecule has 3 aromatic rings. The minimum Gasteiger partial charge on any atom is -0.331 e. The molecule has 1 aliphatic rings. The largest absolute Gasteiger partial charge is 0.331 e. The summed E-state index contributed by atoms with van der Waals surface area (Å²) in [7, 11) is 1.75. The van der Waals surface area contributed by atoms with Crippen molar-refractivity contribution >= 4 is 35.3 Å². The number of fused-ring (bicyclic) bond motifs is 1. The minimum absolute atomic E-state index is 0.0502. The van der Waals surface area contributed by atoms with Crippen LogP contribution in [0.2, 0.25) is 5.02 Å². The Morgan fingerprint density at radius 1 is 1.23 bits per heavy atom. The zero-order valence-corrected chi connectivity index (χ0v) is 21.0. The third-order valence-corrected chi connectivity index (χ3v) is 6.34. The van der Waals surface area contributed by atoms with Crippen LogP contribution >= 0.6 is 11.6 Å². The number of rotatable bonds is 8. The molecule has 1 atom stereocenters. The van der Waals surface area contributed by atoms with Crippen molar-refractivity contribution in [2.75, 3.05) is 18.9 Å². The third kappa shape index (κ3) is 5.62. The molecule has 4 rings (SSSR count). The average molecular weight is 492 g/mol. The van der Waals surface area contributed by atoms with Crippen LogP contribution in [0.15, 0.2) is 53.5 Å². The van der Waals surface area contributed by atoms with Crippen molar-refractivity contribution < 1.29 is 9.59 Å². The first-order valence-corrected chi connectivity index (χ1v) is 12.2. The van der Waals surface area contributed by atoms with Gasteiger partial charge in [0.1, 0.15) is 5.69 Å². The summed E-state index contributed by atoms with van der Waals surface area (Å²) in [4.78, 5) is 31.2. The fraction of sp³-hybridized carbons (Fsp3) is 0.333. The van der Waals surface area contributed by atoms with Gasteiger partial charge in [0, 0.05) is 43.9 Å². The molecule has 2 heterocycles. The molecule has 0 bridgehead atoms. The van der Waals surface area contributed by atoms with Crippen molar-refractivity contribution in [1.82, 2.24) is 14.7 Å². The minimum atomic E-state index is -0.197. The lowest BCUT2D eigenvalue weighted by Gasteiger charge is -2.33. The topological polar surface area (TPSA) is 79.6 Å². The van der Waals surface area contributed by atoms with Crippen molar-refractivity contribution in [3.63, 3.8) is 0 Å². The van der Waals surface area contributed by atoms with Crippen molar-refractivity contribution in [1.29, 1.82) is 0 Å². The summed E-state index contributed by atoms with van der Waals surface area (Å²) in [5.74, 6) is -0.248. The Labute approximate surface area is 210 Å². The van der Waals surface area contributed by atoms with Gasteiger partial charge in [0.2, 0.25) is 5.91 Å². The number of hydrogen-bond donors (Lipinski definition) is 1. The number of carbonyl (C=O) groups is 2. The van der Waals surface area contributed by atoms with Crippen molar-refractivity contribution in [2.24, 2.45) is 4.99 Å². The van der Waals surface area contributed by atoms with Crippen LogP contribution in [-0.2, 0) is 11.3 Å². The lowest BCUT2D eigenvalue weighted by Crippen LogP contribution is -2.42. The summed E-state index contributed by atoms with van der Waals surface area (Å²) in [5.41, 5.74) is 4.60. The van der Waals surface area contributed by atoms with Gasteiger partial charge >= 0.3 is 0 Å². The van der Waals surface area contributed by atoms with Gasteiger partial charge in [0.15, 0.2) is 0 Å². The van der Waals surface area contributed by atoms with Gasteiger partial charge in [0.05, 0.1) is 17.4 Å². The molecule has 35 heavy (non-hydrogen) atoms. The van der Waals surface area contributed by atoms with Crippen LogP contribution in [0, 0.1) is 0 Å². The molecule has 1 N–H and O–H groups in total. The summed E-state index contributed by atoms with van der Waals surface area (Å²) in [6.45, 7) is 4.75. The molecule has 0 fully saturated rings. The zero-order valence-electron chi connectivity index (χ0n) is 20.3. The second-order valence-corrected chi connectivity index (χ2v) is 9.28. The Morgan fingerprint density at radius 3 is 2.69 bits per heavy atom. The van der Waals surface area contributed by atoms with Crippen molar-refractivity contribution in [3.8, 4) is 11.3 Å². The van der Waals surface area contributed by atoms with Gasteiger partial charge in [-0.2, -0.15) is 5.10 Å². The van der Waals surface area contributed by atoms with Crippen LogP contribution in [0.5, 0.6) is 0 Å². The van der Waals surface area contributed by atoms with Crippen LogP contribution in [0.4, 0.5) is 5.69 Å². The average Bonchev–Trinajstić information content (AvgIpc) is 3.27. The summed E-state index contributed by atoms with van der Waals surface area (Å²) in [6, 6.07) is 15.3. The number of hydrogen-bond acceptors (Lipinski definition) is 4. The molecule has 0 saturated carbocycles. The van der Waals surface area contributed by atoms with E-state index in [0.717, 1.165) is 36.0 Å². The number of aliphatic imine (C=N–C) groups is 1. The lowest BCUT2D eigenvalue weighted by molar-refractivity contribution is -0.114. The molecular formula is C27H30ClN5O2. The molecule has 0 spiro atoms. The van der Waals surface area contributed by atoms with Gasteiger partial charge in [0.25, 0.3) is 5.91 Å². The van der Waals surface area contributed by atoms with Gasteiger partial charge in [-0.15, -0.1) is 0 Å². The van der Waals surface area contributed by atoms with E-state index in [4.69, 9.17) is 16.7 Å². The van der Waals surface area contributed by atoms with Crippen LogP contribution in [0.3, 0.4) is 0 Å². The van der Waals surface area contributed by atoms with Gasteiger partial charge in [-0.05, 0) is 41.8 Å². The van der Waals surface area contributed by atoms with Crippen LogP contribution in [0.25, 0.3) is 11.3 Å². The highest BCUT2D eigenvalue weighted by Crippen LogP contribution is 2.34. The van der Waals surface area contributed by atoms with Gasteiger partial charge in [-0.3, -0.25) is 19.3 Å². The molecular weight excluding hydrogens is 462 g/mol. The number of anilines is 1. The summed E-state index contributed by atoms with van der Waals surface area (Å²) < 4.78 is 1.87. The monoisotopic (exact) mass is 491 g/mol. The normalized spacial score (nSPS) is 15.5. The second kappa shape index (κ2) is 10.9. The number of nitrogens with zero attached hydrogens (tertiary/aromatic N) is 4. The fourth-order valence-electron chi connectivity index (χ4n) is 4.44. The van der Waals surface area contributed by atoms with Gasteiger partial charge < -0.3 is 10.2 Å². The molecule has 1 aromatic heterocycles. The first kappa shape index (κ1) is 24.7. The van der Waals surface area contributed by atoms with Gasteiger partial charge in [-0.1, -0.05) is 55.6 Å². The highest BCUT2D eigenvalue weighted by Gasteiger charge is 2.33. The zero-order chi connectivity index (χ0) is 24.9. The van der Waals surface area contributed by atoms with Gasteiger partial charge in [-0.25, -0.2) is 0 Å². The standard InChI is InChI=1S/C27H30ClN5O2/c1-4-5-6-22-17-32(16-20-9-7-19(8-10-20)15-29-3)27(35)26-14-25(31-33(22)26)23-12-11-21(28)13-24(23)30-18(2)34/h7-15,22H,4-6,16-17H2,1-3H3,(H,30,34)/b29-15+. The number of benzene rings is 2. The maximum Gasteiger partial charge on any atom is 0.272 e. The smallest absolute Gasteiger partial charge is 0.272 e.